The van der Waals surface area contributed by atoms with E-state index in [1.165, 1.54) is 4.88 Å². The van der Waals surface area contributed by atoms with Crippen LogP contribution in [0.5, 0.6) is 0 Å². The van der Waals surface area contributed by atoms with E-state index < -0.39 is 12.0 Å². The number of thiophene rings is 1. The fourth-order valence-electron chi connectivity index (χ4n) is 3.05. The van der Waals surface area contributed by atoms with Crippen LogP contribution in [0.25, 0.3) is 0 Å². The van der Waals surface area contributed by atoms with E-state index in [1.54, 1.807) is 23.1 Å². The Kier molecular flexibility index (Phi) is 4.96. The molecule has 24 heavy (non-hydrogen) atoms. The zero-order valence-electron chi connectivity index (χ0n) is 13.5. The Bertz CT molecular complexity index is 764. The van der Waals surface area contributed by atoms with Gasteiger partial charge < -0.3 is 10.4 Å². The molecule has 2 heterocycles. The molecule has 1 aliphatic rings. The molecule has 2 aromatic rings. The Balaban J connectivity index is 1.84. The molecule has 3 rings (SSSR count). The molecule has 126 valence electrons. The predicted molar refractivity (Wildman–Crippen MR) is 97.7 cm³/mol. The van der Waals surface area contributed by atoms with Crippen LogP contribution in [0.3, 0.4) is 0 Å². The second-order valence-corrected chi connectivity index (χ2v) is 8.21. The van der Waals surface area contributed by atoms with Crippen molar-refractivity contribution in [2.45, 2.75) is 31.6 Å². The van der Waals surface area contributed by atoms with Crippen LogP contribution in [0.1, 0.15) is 38.4 Å². The van der Waals surface area contributed by atoms with Crippen LogP contribution >= 0.6 is 23.1 Å². The van der Waals surface area contributed by atoms with Crippen LogP contribution < -0.4 is 5.32 Å². The third-order valence-electron chi connectivity index (χ3n) is 4.03. The third kappa shape index (κ3) is 3.49. The highest BCUT2D eigenvalue weighted by Gasteiger charge is 2.31. The second-order valence-electron chi connectivity index (χ2n) is 6.00. The van der Waals surface area contributed by atoms with Crippen molar-refractivity contribution >= 4 is 35.0 Å². The average Bonchev–Trinajstić information content (AvgIpc) is 2.99. The molecular weight excluding hydrogens is 342 g/mol. The first-order valence-electron chi connectivity index (χ1n) is 7.75. The number of fused-ring (bicyclic) bond motifs is 1. The van der Waals surface area contributed by atoms with Crippen molar-refractivity contribution in [1.82, 2.24) is 5.32 Å². The molecule has 4 nitrogen and oxygen atoms in total. The number of thioether (sulfide) groups is 1. The molecule has 0 aliphatic carbocycles. The van der Waals surface area contributed by atoms with Gasteiger partial charge in [-0.3, -0.25) is 4.79 Å². The largest absolute Gasteiger partial charge is 0.479 e. The predicted octanol–water partition coefficient (Wildman–Crippen LogP) is 3.64. The highest BCUT2D eigenvalue weighted by Crippen LogP contribution is 2.39. The number of nitrogens with one attached hydrogen (secondary N) is 1. The number of rotatable bonds is 4. The number of aliphatic carboxylic acids is 1. The summed E-state index contributed by atoms with van der Waals surface area (Å²) in [6.45, 7) is 3.84. The first kappa shape index (κ1) is 17.0. The van der Waals surface area contributed by atoms with Crippen molar-refractivity contribution in [3.8, 4) is 0 Å². The molecule has 1 aromatic heterocycles. The molecule has 0 radical (unpaired) electrons. The van der Waals surface area contributed by atoms with Gasteiger partial charge in [0.2, 0.25) is 5.91 Å². The average molecular weight is 361 g/mol. The zero-order chi connectivity index (χ0) is 17.3. The molecule has 0 fully saturated rings. The summed E-state index contributed by atoms with van der Waals surface area (Å²) in [5, 5.41) is 14.0. The first-order chi connectivity index (χ1) is 11.5. The number of carboxylic acids is 1. The summed E-state index contributed by atoms with van der Waals surface area (Å²) in [6, 6.07) is 6.56. The molecule has 1 aliphatic heterocycles. The van der Waals surface area contributed by atoms with Crippen molar-refractivity contribution in [3.63, 3.8) is 0 Å². The molecule has 6 heteroatoms. The Morgan fingerprint density at radius 3 is 2.62 bits per heavy atom. The molecular formula is C18H19NO3S2. The third-order valence-corrected chi connectivity index (χ3v) is 6.26. The number of hydrogen-bond acceptors (Lipinski definition) is 4. The Hall–Kier alpha value is -1.79. The number of hydrogen-bond donors (Lipinski definition) is 2. The highest BCUT2D eigenvalue weighted by atomic mass is 32.2. The van der Waals surface area contributed by atoms with Crippen molar-refractivity contribution in [2.75, 3.05) is 5.75 Å². The fraction of sp³-hybridized carbons (Fsp3) is 0.333. The second kappa shape index (κ2) is 6.99. The Morgan fingerprint density at radius 1 is 1.25 bits per heavy atom. The van der Waals surface area contributed by atoms with E-state index in [-0.39, 0.29) is 11.2 Å². The van der Waals surface area contributed by atoms with E-state index in [0.717, 1.165) is 28.9 Å². The maximum absolute atomic E-state index is 12.7. The molecule has 0 bridgehead atoms. The van der Waals surface area contributed by atoms with Crippen molar-refractivity contribution in [3.05, 3.63) is 56.8 Å². The van der Waals surface area contributed by atoms with Crippen LogP contribution in [-0.2, 0) is 16.0 Å². The maximum Gasteiger partial charge on any atom is 0.330 e. The van der Waals surface area contributed by atoms with Gasteiger partial charge in [0.05, 0.1) is 0 Å². The number of amides is 1. The fourth-order valence-corrected chi connectivity index (χ4v) is 5.35. The quantitative estimate of drug-likeness (QED) is 0.873. The van der Waals surface area contributed by atoms with E-state index in [9.17, 15) is 14.7 Å². The first-order valence-corrected chi connectivity index (χ1v) is 9.68. The molecule has 1 aromatic carbocycles. The summed E-state index contributed by atoms with van der Waals surface area (Å²) in [5.74, 6) is -0.391. The molecule has 0 saturated carbocycles. The van der Waals surface area contributed by atoms with Gasteiger partial charge in [-0.15, -0.1) is 23.1 Å². The molecule has 2 unspecified atom stereocenters. The molecule has 0 spiro atoms. The minimum atomic E-state index is -1.04. The lowest BCUT2D eigenvalue weighted by Crippen LogP contribution is -2.37. The van der Waals surface area contributed by atoms with Gasteiger partial charge >= 0.3 is 5.97 Å². The van der Waals surface area contributed by atoms with Gasteiger partial charge in [0.15, 0.2) is 6.04 Å². The van der Waals surface area contributed by atoms with Gasteiger partial charge in [-0.25, -0.2) is 4.79 Å². The smallest absolute Gasteiger partial charge is 0.330 e. The lowest BCUT2D eigenvalue weighted by atomic mass is 10.0. The minimum Gasteiger partial charge on any atom is -0.479 e. The molecule has 0 saturated heterocycles. The minimum absolute atomic E-state index is 0.231. The highest BCUT2D eigenvalue weighted by molar-refractivity contribution is 8.00. The maximum atomic E-state index is 12.7. The number of benzene rings is 1. The lowest BCUT2D eigenvalue weighted by Gasteiger charge is -2.24. The van der Waals surface area contributed by atoms with E-state index in [0.29, 0.717) is 5.56 Å². The van der Waals surface area contributed by atoms with E-state index in [1.807, 2.05) is 43.5 Å². The van der Waals surface area contributed by atoms with Crippen LogP contribution in [0.15, 0.2) is 29.6 Å². The van der Waals surface area contributed by atoms with Crippen molar-refractivity contribution in [2.24, 2.45) is 0 Å². The summed E-state index contributed by atoms with van der Waals surface area (Å²) in [4.78, 5) is 25.7. The molecule has 2 N–H and O–H groups in total. The molecule has 2 atom stereocenters. The topological polar surface area (TPSA) is 66.4 Å². The number of carbonyl (C=O) groups excluding carboxylic acids is 1. The SMILES string of the molecule is Cc1cc(C)cc(C(NC(=O)C2SCCc3sccc32)C(=O)O)c1. The van der Waals surface area contributed by atoms with Crippen molar-refractivity contribution < 1.29 is 14.7 Å². The lowest BCUT2D eigenvalue weighted by molar-refractivity contribution is -0.142. The van der Waals surface area contributed by atoms with Crippen molar-refractivity contribution in [1.29, 1.82) is 0 Å². The standard InChI is InChI=1S/C18H19NO3S2/c1-10-7-11(2)9-12(8-10)15(18(21)22)19-17(20)16-13-3-5-23-14(13)4-6-24-16/h3,5,7-9,15-16H,4,6H2,1-2H3,(H,19,20)(H,21,22). The normalized spacial score (nSPS) is 17.8. The number of carboxylic acid groups (broad SMARTS) is 1. The van der Waals surface area contributed by atoms with Gasteiger partial charge in [0, 0.05) is 4.88 Å². The summed E-state index contributed by atoms with van der Waals surface area (Å²) < 4.78 is 0. The Labute approximate surface area is 149 Å². The van der Waals surface area contributed by atoms with Gasteiger partial charge in [0.25, 0.3) is 0 Å². The number of aryl methyl sites for hydroxylation is 3. The monoisotopic (exact) mass is 361 g/mol. The van der Waals surface area contributed by atoms with Gasteiger partial charge in [-0.1, -0.05) is 29.3 Å². The molecule has 1 amide bonds. The zero-order valence-corrected chi connectivity index (χ0v) is 15.2. The summed E-state index contributed by atoms with van der Waals surface area (Å²) in [6.07, 6.45) is 0.973. The Morgan fingerprint density at radius 2 is 1.96 bits per heavy atom. The van der Waals surface area contributed by atoms with E-state index >= 15 is 0 Å². The summed E-state index contributed by atoms with van der Waals surface area (Å²) in [7, 11) is 0. The van der Waals surface area contributed by atoms with Gasteiger partial charge in [0.1, 0.15) is 5.25 Å². The van der Waals surface area contributed by atoms with Crippen LogP contribution in [-0.4, -0.2) is 22.7 Å². The van der Waals surface area contributed by atoms with Crippen LogP contribution in [0.2, 0.25) is 0 Å². The van der Waals surface area contributed by atoms with E-state index in [4.69, 9.17) is 0 Å². The van der Waals surface area contributed by atoms with Gasteiger partial charge in [-0.05, 0) is 48.6 Å². The van der Waals surface area contributed by atoms with Gasteiger partial charge in [-0.2, -0.15) is 0 Å². The van der Waals surface area contributed by atoms with E-state index in [2.05, 4.69) is 5.32 Å². The van der Waals surface area contributed by atoms with Crippen LogP contribution in [0.4, 0.5) is 0 Å². The number of carbonyl (C=O) groups is 2. The summed E-state index contributed by atoms with van der Waals surface area (Å²) >= 11 is 3.24. The summed E-state index contributed by atoms with van der Waals surface area (Å²) in [5.41, 5.74) is 3.60. The van der Waals surface area contributed by atoms with Crippen LogP contribution in [0, 0.1) is 13.8 Å².